The number of thiophene rings is 1. The van der Waals surface area contributed by atoms with Crippen LogP contribution in [-0.2, 0) is 19.5 Å². The highest BCUT2D eigenvalue weighted by Gasteiger charge is 2.17. The second-order valence-corrected chi connectivity index (χ2v) is 6.26. The fraction of sp³-hybridized carbons (Fsp3) is 0.333. The van der Waals surface area contributed by atoms with Gasteiger partial charge in [0, 0.05) is 36.5 Å². The van der Waals surface area contributed by atoms with Gasteiger partial charge >= 0.3 is 0 Å². The molecule has 2 nitrogen and oxygen atoms in total. The van der Waals surface area contributed by atoms with Crippen molar-refractivity contribution in [2.75, 3.05) is 13.2 Å². The zero-order chi connectivity index (χ0) is 14.5. The average Bonchev–Trinajstić information content (AvgIpc) is 2.97. The molecule has 1 aliphatic rings. The molecule has 0 fully saturated rings. The van der Waals surface area contributed by atoms with Crippen molar-refractivity contribution < 1.29 is 5.11 Å². The first-order chi connectivity index (χ1) is 10.4. The Morgan fingerprint density at radius 1 is 1.24 bits per heavy atom. The molecule has 0 unspecified atom stereocenters. The second kappa shape index (κ2) is 6.91. The lowest BCUT2D eigenvalue weighted by molar-refractivity contribution is 0.247. The molecule has 21 heavy (non-hydrogen) atoms. The number of aliphatic hydroxyl groups excluding tert-OH is 1. The van der Waals surface area contributed by atoms with E-state index in [9.17, 15) is 0 Å². The molecule has 1 aromatic heterocycles. The first-order valence-corrected chi connectivity index (χ1v) is 8.20. The number of hydrogen-bond donors (Lipinski definition) is 1. The third-order valence-electron chi connectivity index (χ3n) is 3.76. The van der Waals surface area contributed by atoms with Crippen LogP contribution < -0.4 is 0 Å². The van der Waals surface area contributed by atoms with E-state index in [0.717, 1.165) is 31.6 Å². The van der Waals surface area contributed by atoms with Crippen molar-refractivity contribution in [3.63, 3.8) is 0 Å². The molecule has 0 saturated carbocycles. The molecule has 0 bridgehead atoms. The lowest BCUT2D eigenvalue weighted by Gasteiger charge is -2.27. The summed E-state index contributed by atoms with van der Waals surface area (Å²) in [6.45, 7) is 3.23. The Morgan fingerprint density at radius 3 is 3.05 bits per heavy atom. The van der Waals surface area contributed by atoms with E-state index in [1.54, 1.807) is 4.88 Å². The van der Waals surface area contributed by atoms with Gasteiger partial charge in [-0.15, -0.1) is 11.3 Å². The number of fused-ring (bicyclic) bond motifs is 1. The summed E-state index contributed by atoms with van der Waals surface area (Å²) in [5.41, 5.74) is 3.85. The number of hydrogen-bond acceptors (Lipinski definition) is 3. The van der Waals surface area contributed by atoms with Crippen molar-refractivity contribution >= 4 is 11.3 Å². The van der Waals surface area contributed by atoms with Crippen LogP contribution in [0.25, 0.3) is 0 Å². The van der Waals surface area contributed by atoms with Crippen LogP contribution in [0.5, 0.6) is 0 Å². The molecule has 1 aromatic carbocycles. The maximum atomic E-state index is 8.84. The van der Waals surface area contributed by atoms with Crippen molar-refractivity contribution in [1.82, 2.24) is 4.90 Å². The van der Waals surface area contributed by atoms with E-state index in [0.29, 0.717) is 6.42 Å². The molecule has 3 rings (SSSR count). The van der Waals surface area contributed by atoms with E-state index in [4.69, 9.17) is 5.11 Å². The molecular weight excluding hydrogens is 278 g/mol. The quantitative estimate of drug-likeness (QED) is 0.880. The first-order valence-electron chi connectivity index (χ1n) is 7.32. The highest BCUT2D eigenvalue weighted by Crippen LogP contribution is 2.25. The summed E-state index contributed by atoms with van der Waals surface area (Å²) < 4.78 is 0. The standard InChI is InChI=1S/C18H19NOS/c20-11-4-3-6-15-5-1-2-7-16(15)13-19-10-8-18-17(14-19)9-12-21-18/h1-2,5,7,9,12,20H,4,8,10-11,13-14H2. The Kier molecular flexibility index (Phi) is 4.72. The smallest absolute Gasteiger partial charge is 0.0540 e. The molecule has 0 aliphatic carbocycles. The van der Waals surface area contributed by atoms with Crippen LogP contribution in [0.4, 0.5) is 0 Å². The summed E-state index contributed by atoms with van der Waals surface area (Å²) in [5.74, 6) is 6.21. The molecule has 0 spiro atoms. The lowest BCUT2D eigenvalue weighted by Crippen LogP contribution is -2.29. The van der Waals surface area contributed by atoms with Gasteiger partial charge in [0.25, 0.3) is 0 Å². The van der Waals surface area contributed by atoms with Gasteiger partial charge in [-0.05, 0) is 35.1 Å². The van der Waals surface area contributed by atoms with Gasteiger partial charge in [-0.1, -0.05) is 30.0 Å². The van der Waals surface area contributed by atoms with Crippen LogP contribution in [0.2, 0.25) is 0 Å². The van der Waals surface area contributed by atoms with E-state index in [2.05, 4.69) is 46.4 Å². The first kappa shape index (κ1) is 14.3. The Morgan fingerprint density at radius 2 is 2.14 bits per heavy atom. The van der Waals surface area contributed by atoms with Gasteiger partial charge in [-0.2, -0.15) is 0 Å². The molecule has 1 aliphatic heterocycles. The molecule has 0 amide bonds. The van der Waals surface area contributed by atoms with Gasteiger partial charge in [0.2, 0.25) is 0 Å². The normalized spacial score (nSPS) is 14.3. The fourth-order valence-electron chi connectivity index (χ4n) is 2.68. The SMILES string of the molecule is OCCC#Cc1ccccc1CN1CCc2sccc2C1. The summed E-state index contributed by atoms with van der Waals surface area (Å²) in [7, 11) is 0. The van der Waals surface area contributed by atoms with Gasteiger partial charge in [-0.3, -0.25) is 4.90 Å². The number of rotatable bonds is 3. The minimum atomic E-state index is 0.127. The van der Waals surface area contributed by atoms with Crippen molar-refractivity contribution in [2.45, 2.75) is 25.9 Å². The minimum Gasteiger partial charge on any atom is -0.395 e. The molecule has 1 N–H and O–H groups in total. The van der Waals surface area contributed by atoms with Crippen LogP contribution in [0.1, 0.15) is 28.0 Å². The largest absolute Gasteiger partial charge is 0.395 e. The predicted molar refractivity (Wildman–Crippen MR) is 87.2 cm³/mol. The second-order valence-electron chi connectivity index (χ2n) is 5.26. The maximum Gasteiger partial charge on any atom is 0.0540 e. The molecule has 0 saturated heterocycles. The lowest BCUT2D eigenvalue weighted by atomic mass is 10.0. The number of aliphatic hydroxyl groups is 1. The number of nitrogens with zero attached hydrogens (tertiary/aromatic N) is 1. The summed E-state index contributed by atoms with van der Waals surface area (Å²) in [4.78, 5) is 4.03. The molecular formula is C18H19NOS. The van der Waals surface area contributed by atoms with Crippen LogP contribution >= 0.6 is 11.3 Å². The van der Waals surface area contributed by atoms with Crippen molar-refractivity contribution in [3.8, 4) is 11.8 Å². The highest BCUT2D eigenvalue weighted by atomic mass is 32.1. The Labute approximate surface area is 130 Å². The molecule has 3 heteroatoms. The summed E-state index contributed by atoms with van der Waals surface area (Å²) in [5, 5.41) is 11.0. The zero-order valence-corrected chi connectivity index (χ0v) is 12.8. The Bertz CT molecular complexity index is 665. The topological polar surface area (TPSA) is 23.5 Å². The zero-order valence-electron chi connectivity index (χ0n) is 12.0. The third kappa shape index (κ3) is 3.54. The summed E-state index contributed by atoms with van der Waals surface area (Å²) in [6, 6.07) is 10.6. The van der Waals surface area contributed by atoms with E-state index >= 15 is 0 Å². The van der Waals surface area contributed by atoms with E-state index in [1.807, 2.05) is 17.4 Å². The van der Waals surface area contributed by atoms with Gasteiger partial charge in [0.15, 0.2) is 0 Å². The molecule has 2 aromatic rings. The van der Waals surface area contributed by atoms with Crippen LogP contribution in [0, 0.1) is 11.8 Å². The van der Waals surface area contributed by atoms with Crippen LogP contribution in [0.3, 0.4) is 0 Å². The Hall–Kier alpha value is -1.60. The van der Waals surface area contributed by atoms with Crippen molar-refractivity contribution in [2.24, 2.45) is 0 Å². The van der Waals surface area contributed by atoms with E-state index in [1.165, 1.54) is 11.1 Å². The molecule has 0 radical (unpaired) electrons. The van der Waals surface area contributed by atoms with Crippen molar-refractivity contribution in [1.29, 1.82) is 0 Å². The van der Waals surface area contributed by atoms with E-state index in [-0.39, 0.29) is 6.61 Å². The van der Waals surface area contributed by atoms with Gasteiger partial charge in [0.05, 0.1) is 6.61 Å². The molecule has 108 valence electrons. The van der Waals surface area contributed by atoms with Crippen LogP contribution in [0.15, 0.2) is 35.7 Å². The average molecular weight is 297 g/mol. The molecule has 2 heterocycles. The summed E-state index contributed by atoms with van der Waals surface area (Å²) >= 11 is 1.88. The minimum absolute atomic E-state index is 0.127. The van der Waals surface area contributed by atoms with Gasteiger partial charge < -0.3 is 5.11 Å². The van der Waals surface area contributed by atoms with Crippen LogP contribution in [-0.4, -0.2) is 23.2 Å². The van der Waals surface area contributed by atoms with E-state index < -0.39 is 0 Å². The fourth-order valence-corrected chi connectivity index (χ4v) is 3.57. The van der Waals surface area contributed by atoms with Gasteiger partial charge in [-0.25, -0.2) is 0 Å². The maximum absolute atomic E-state index is 8.84. The number of benzene rings is 1. The van der Waals surface area contributed by atoms with Gasteiger partial charge in [0.1, 0.15) is 0 Å². The summed E-state index contributed by atoms with van der Waals surface area (Å²) in [6.07, 6.45) is 1.70. The predicted octanol–water partition coefficient (Wildman–Crippen LogP) is 3.04. The highest BCUT2D eigenvalue weighted by molar-refractivity contribution is 7.10. The van der Waals surface area contributed by atoms with Crippen molar-refractivity contribution in [3.05, 3.63) is 57.3 Å². The monoisotopic (exact) mass is 297 g/mol. The Balaban J connectivity index is 1.73. The molecule has 0 atom stereocenters. The third-order valence-corrected chi connectivity index (χ3v) is 4.78.